The summed E-state index contributed by atoms with van der Waals surface area (Å²) >= 11 is 0. The Hall–Kier alpha value is -1.58. The third kappa shape index (κ3) is 16.8. The Morgan fingerprint density at radius 2 is 1.83 bits per heavy atom. The fraction of sp³-hybridized carbons (Fsp3) is 0.571. The van der Waals surface area contributed by atoms with E-state index in [1.165, 1.54) is 13.2 Å². The maximum Gasteiger partial charge on any atom is 0.333 e. The Bertz CT molecular complexity index is 280. The average molecular weight is 256 g/mol. The van der Waals surface area contributed by atoms with E-state index >= 15 is 0 Å². The van der Waals surface area contributed by atoms with Crippen LogP contribution in [0.3, 0.4) is 0 Å². The molecule has 0 aliphatic rings. The van der Waals surface area contributed by atoms with Crippen molar-refractivity contribution in [2.75, 3.05) is 6.61 Å². The number of ether oxygens (including phenoxy) is 2. The second-order valence-corrected chi connectivity index (χ2v) is 3.66. The molecule has 0 N–H and O–H groups in total. The first-order chi connectivity index (χ1) is 8.45. The summed E-state index contributed by atoms with van der Waals surface area (Å²) in [5.74, 6) is -0.553. The van der Waals surface area contributed by atoms with Crippen molar-refractivity contribution >= 4 is 11.9 Å². The van der Waals surface area contributed by atoms with Crippen LogP contribution in [0.2, 0.25) is 0 Å². The molecule has 0 amide bonds. The second kappa shape index (κ2) is 13.5. The lowest BCUT2D eigenvalue weighted by atomic mass is 10.3. The molecule has 0 heterocycles. The summed E-state index contributed by atoms with van der Waals surface area (Å²) in [6, 6.07) is 0. The van der Waals surface area contributed by atoms with Gasteiger partial charge < -0.3 is 9.47 Å². The lowest BCUT2D eigenvalue weighted by Gasteiger charge is -2.01. The summed E-state index contributed by atoms with van der Waals surface area (Å²) in [5, 5.41) is 0. The lowest BCUT2D eigenvalue weighted by Crippen LogP contribution is -2.05. The number of carbonyl (C=O) groups excluding carboxylic acids is 2. The van der Waals surface area contributed by atoms with Crippen LogP contribution in [0.4, 0.5) is 0 Å². The highest BCUT2D eigenvalue weighted by molar-refractivity contribution is 5.86. The molecule has 4 nitrogen and oxygen atoms in total. The van der Waals surface area contributed by atoms with Crippen LogP contribution in [-0.2, 0) is 19.1 Å². The van der Waals surface area contributed by atoms with Crippen molar-refractivity contribution in [3.8, 4) is 0 Å². The zero-order valence-corrected chi connectivity index (χ0v) is 11.8. The molecule has 104 valence electrons. The van der Waals surface area contributed by atoms with Crippen LogP contribution in [0.25, 0.3) is 0 Å². The third-order valence-corrected chi connectivity index (χ3v) is 1.65. The van der Waals surface area contributed by atoms with E-state index in [9.17, 15) is 9.59 Å². The molecule has 0 radical (unpaired) electrons. The summed E-state index contributed by atoms with van der Waals surface area (Å²) in [7, 11) is 0. The van der Waals surface area contributed by atoms with E-state index in [2.05, 4.69) is 18.2 Å². The van der Waals surface area contributed by atoms with Gasteiger partial charge in [-0.15, -0.1) is 0 Å². The van der Waals surface area contributed by atoms with Crippen molar-refractivity contribution in [3.63, 3.8) is 0 Å². The molecule has 18 heavy (non-hydrogen) atoms. The third-order valence-electron chi connectivity index (χ3n) is 1.65. The minimum Gasteiger partial charge on any atom is -0.462 e. The van der Waals surface area contributed by atoms with Gasteiger partial charge in [-0.3, -0.25) is 4.79 Å². The van der Waals surface area contributed by atoms with Crippen LogP contribution >= 0.6 is 0 Å². The molecule has 0 spiro atoms. The number of unbranched alkanes of at least 4 members (excludes halogenated alkanes) is 1. The van der Waals surface area contributed by atoms with Gasteiger partial charge in [0, 0.05) is 12.5 Å². The lowest BCUT2D eigenvalue weighted by molar-refractivity contribution is -0.139. The van der Waals surface area contributed by atoms with Crippen LogP contribution in [0.1, 0.15) is 47.0 Å². The highest BCUT2D eigenvalue weighted by atomic mass is 16.5. The normalized spacial score (nSPS) is 9.33. The maximum atomic E-state index is 10.7. The molecular formula is C14H24O4. The predicted molar refractivity (Wildman–Crippen MR) is 71.9 cm³/mol. The van der Waals surface area contributed by atoms with Gasteiger partial charge in [0.05, 0.1) is 12.9 Å². The van der Waals surface area contributed by atoms with Crippen molar-refractivity contribution in [2.24, 2.45) is 0 Å². The first-order valence-electron chi connectivity index (χ1n) is 6.10. The van der Waals surface area contributed by atoms with Crippen LogP contribution in [-0.4, -0.2) is 18.5 Å². The molecule has 0 aliphatic carbocycles. The highest BCUT2D eigenvalue weighted by Gasteiger charge is 2.00. The minimum atomic E-state index is -0.284. The molecular weight excluding hydrogens is 232 g/mol. The van der Waals surface area contributed by atoms with Crippen molar-refractivity contribution in [3.05, 3.63) is 24.5 Å². The SMILES string of the molecule is C=C(C)C(=O)OCCCC.CCC=COC(C)=O. The summed E-state index contributed by atoms with van der Waals surface area (Å²) in [6.45, 7) is 11.0. The van der Waals surface area contributed by atoms with E-state index in [0.29, 0.717) is 12.2 Å². The van der Waals surface area contributed by atoms with Crippen molar-refractivity contribution in [1.82, 2.24) is 0 Å². The quantitative estimate of drug-likeness (QED) is 0.316. The maximum absolute atomic E-state index is 10.7. The zero-order chi connectivity index (χ0) is 14.4. The van der Waals surface area contributed by atoms with E-state index in [1.807, 2.05) is 6.92 Å². The van der Waals surface area contributed by atoms with Crippen molar-refractivity contribution in [1.29, 1.82) is 0 Å². The van der Waals surface area contributed by atoms with Gasteiger partial charge in [0.25, 0.3) is 0 Å². The van der Waals surface area contributed by atoms with Gasteiger partial charge in [-0.2, -0.15) is 0 Å². The van der Waals surface area contributed by atoms with Crippen molar-refractivity contribution < 1.29 is 19.1 Å². The molecule has 0 aromatic rings. The zero-order valence-electron chi connectivity index (χ0n) is 11.8. The van der Waals surface area contributed by atoms with E-state index in [-0.39, 0.29) is 11.9 Å². The van der Waals surface area contributed by atoms with Crippen LogP contribution in [0.5, 0.6) is 0 Å². The average Bonchev–Trinajstić information content (AvgIpc) is 2.30. The summed E-state index contributed by atoms with van der Waals surface area (Å²) in [5.41, 5.74) is 0.469. The van der Waals surface area contributed by atoms with Gasteiger partial charge in [-0.1, -0.05) is 26.8 Å². The van der Waals surface area contributed by atoms with E-state index in [1.54, 1.807) is 13.0 Å². The van der Waals surface area contributed by atoms with E-state index < -0.39 is 0 Å². The van der Waals surface area contributed by atoms with Gasteiger partial charge in [0.15, 0.2) is 0 Å². The molecule has 0 fully saturated rings. The van der Waals surface area contributed by atoms with Gasteiger partial charge in [-0.05, 0) is 25.8 Å². The Morgan fingerprint density at radius 1 is 1.22 bits per heavy atom. The number of esters is 2. The molecule has 0 saturated heterocycles. The molecule has 0 rings (SSSR count). The standard InChI is InChI=1S/C8H14O2.C6H10O2/c1-4-5-6-10-8(9)7(2)3;1-3-4-5-8-6(2)7/h2,4-6H2,1,3H3;4-5H,3H2,1-2H3. The van der Waals surface area contributed by atoms with Crippen LogP contribution < -0.4 is 0 Å². The molecule has 0 bridgehead atoms. The molecule has 0 aromatic carbocycles. The Morgan fingerprint density at radius 3 is 2.22 bits per heavy atom. The van der Waals surface area contributed by atoms with Crippen LogP contribution in [0.15, 0.2) is 24.5 Å². The molecule has 0 atom stereocenters. The van der Waals surface area contributed by atoms with Gasteiger partial charge >= 0.3 is 11.9 Å². The second-order valence-electron chi connectivity index (χ2n) is 3.66. The first-order valence-corrected chi connectivity index (χ1v) is 6.10. The summed E-state index contributed by atoms with van der Waals surface area (Å²) in [4.78, 5) is 20.7. The number of hydrogen-bond donors (Lipinski definition) is 0. The fourth-order valence-electron chi connectivity index (χ4n) is 0.673. The fourth-order valence-corrected chi connectivity index (χ4v) is 0.673. The summed E-state index contributed by atoms with van der Waals surface area (Å²) in [6.07, 6.45) is 6.06. The number of carbonyl (C=O) groups is 2. The number of hydrogen-bond acceptors (Lipinski definition) is 4. The monoisotopic (exact) mass is 256 g/mol. The molecule has 4 heteroatoms. The van der Waals surface area contributed by atoms with Gasteiger partial charge in [-0.25, -0.2) is 4.79 Å². The predicted octanol–water partition coefficient (Wildman–Crippen LogP) is 3.38. The smallest absolute Gasteiger partial charge is 0.333 e. The van der Waals surface area contributed by atoms with E-state index in [0.717, 1.165) is 19.3 Å². The Kier molecular flexibility index (Phi) is 14.1. The van der Waals surface area contributed by atoms with Crippen LogP contribution in [0, 0.1) is 0 Å². The highest BCUT2D eigenvalue weighted by Crippen LogP contribution is 1.94. The van der Waals surface area contributed by atoms with Crippen molar-refractivity contribution in [2.45, 2.75) is 47.0 Å². The van der Waals surface area contributed by atoms with E-state index in [4.69, 9.17) is 4.74 Å². The molecule has 0 saturated carbocycles. The molecule has 0 aromatic heterocycles. The number of rotatable bonds is 6. The Labute approximate surface area is 110 Å². The van der Waals surface area contributed by atoms with Gasteiger partial charge in [0.2, 0.25) is 0 Å². The number of allylic oxidation sites excluding steroid dienone is 1. The largest absolute Gasteiger partial charge is 0.462 e. The first kappa shape index (κ1) is 18.8. The minimum absolute atomic E-state index is 0.269. The topological polar surface area (TPSA) is 52.6 Å². The molecule has 0 aliphatic heterocycles. The summed E-state index contributed by atoms with van der Waals surface area (Å²) < 4.78 is 9.27. The molecule has 0 unspecified atom stereocenters. The Balaban J connectivity index is 0. The van der Waals surface area contributed by atoms with Gasteiger partial charge in [0.1, 0.15) is 0 Å².